The summed E-state index contributed by atoms with van der Waals surface area (Å²) in [6.07, 6.45) is -5.19. The molecule has 0 unspecified atom stereocenters. The zero-order valence-corrected chi connectivity index (χ0v) is 27.8. The first-order valence-electron chi connectivity index (χ1n) is 15.7. The largest absolute Gasteiger partial charge is 0.490 e. The topological polar surface area (TPSA) is 146 Å². The number of rotatable bonds is 8. The quantitative estimate of drug-likeness (QED) is 0.333. The van der Waals surface area contributed by atoms with Crippen molar-refractivity contribution in [2.75, 3.05) is 44.0 Å². The van der Waals surface area contributed by atoms with Gasteiger partial charge in [0.25, 0.3) is 5.91 Å². The summed E-state index contributed by atoms with van der Waals surface area (Å²) in [5.74, 6) is -0.951. The summed E-state index contributed by atoms with van der Waals surface area (Å²) in [4.78, 5) is 42.5. The maximum Gasteiger partial charge on any atom is 0.389 e. The van der Waals surface area contributed by atoms with Crippen LogP contribution in [0.4, 0.5) is 29.3 Å². The van der Waals surface area contributed by atoms with Crippen LogP contribution >= 0.6 is 0 Å². The first-order chi connectivity index (χ1) is 22.1. The number of aliphatic hydroxyl groups is 1. The van der Waals surface area contributed by atoms with Crippen LogP contribution in [0.5, 0.6) is 5.75 Å². The number of likely N-dealkylation sites (N-methyl/N-ethyl adjacent to an activating group) is 1. The van der Waals surface area contributed by atoms with Gasteiger partial charge in [0.2, 0.25) is 5.91 Å². The van der Waals surface area contributed by atoms with Gasteiger partial charge >= 0.3 is 12.2 Å². The van der Waals surface area contributed by atoms with E-state index in [0.717, 1.165) is 12.8 Å². The van der Waals surface area contributed by atoms with E-state index in [1.54, 1.807) is 27.8 Å². The summed E-state index contributed by atoms with van der Waals surface area (Å²) in [7, 11) is 1.63. The van der Waals surface area contributed by atoms with Crippen LogP contribution in [0.1, 0.15) is 74.7 Å². The summed E-state index contributed by atoms with van der Waals surface area (Å²) in [5, 5.41) is 19.2. The van der Waals surface area contributed by atoms with Crippen LogP contribution in [0.2, 0.25) is 0 Å². The lowest BCUT2D eigenvalue weighted by molar-refractivity contribution is -0.142. The second kappa shape index (κ2) is 16.8. The van der Waals surface area contributed by atoms with E-state index in [1.807, 2.05) is 13.8 Å². The Balaban J connectivity index is 1.89. The minimum Gasteiger partial charge on any atom is -0.490 e. The molecule has 0 aliphatic carbocycles. The lowest BCUT2D eigenvalue weighted by atomic mass is 10.0. The highest BCUT2D eigenvalue weighted by Crippen LogP contribution is 2.29. The van der Waals surface area contributed by atoms with Crippen LogP contribution in [0.3, 0.4) is 0 Å². The van der Waals surface area contributed by atoms with Crippen molar-refractivity contribution in [1.82, 2.24) is 15.0 Å². The number of nitrogens with one attached hydrogen (secondary N) is 2. The lowest BCUT2D eigenvalue weighted by Crippen LogP contribution is -2.48. The number of anilines is 2. The summed E-state index contributed by atoms with van der Waals surface area (Å²) in [6.45, 7) is 9.22. The van der Waals surface area contributed by atoms with Gasteiger partial charge in [-0.2, -0.15) is 13.2 Å². The van der Waals surface area contributed by atoms with Crippen molar-refractivity contribution < 1.29 is 46.7 Å². The molecule has 0 saturated heterocycles. The van der Waals surface area contributed by atoms with Crippen molar-refractivity contribution in [1.29, 1.82) is 0 Å². The number of carbonyl (C=O) groups is 3. The minimum absolute atomic E-state index is 0.0865. The van der Waals surface area contributed by atoms with E-state index in [9.17, 15) is 32.7 Å². The molecule has 2 heterocycles. The highest BCUT2D eigenvalue weighted by Gasteiger charge is 2.32. The molecule has 0 saturated carbocycles. The molecule has 12 nitrogen and oxygen atoms in total. The molecule has 1 aromatic heterocycles. The fraction of sp³-hybridized carbons (Fsp3) is 0.625. The number of amides is 4. The predicted octanol–water partition coefficient (Wildman–Crippen LogP) is 5.53. The molecule has 0 fully saturated rings. The molecule has 4 atom stereocenters. The van der Waals surface area contributed by atoms with Crippen molar-refractivity contribution in [3.63, 3.8) is 0 Å². The average Bonchev–Trinajstić information content (AvgIpc) is 3.33. The zero-order chi connectivity index (χ0) is 34.9. The maximum absolute atomic E-state index is 14.2. The number of halogens is 3. The third kappa shape index (κ3) is 11.1. The molecular formula is C32H46F3N5O7. The van der Waals surface area contributed by atoms with Gasteiger partial charge in [-0.3, -0.25) is 9.59 Å². The van der Waals surface area contributed by atoms with Gasteiger partial charge in [-0.1, -0.05) is 12.1 Å². The van der Waals surface area contributed by atoms with E-state index in [2.05, 4.69) is 15.8 Å². The Kier molecular flexibility index (Phi) is 13.5. The molecule has 47 heavy (non-hydrogen) atoms. The molecule has 0 spiro atoms. The van der Waals surface area contributed by atoms with Crippen LogP contribution < -0.4 is 15.4 Å². The zero-order valence-electron chi connectivity index (χ0n) is 27.8. The Labute approximate surface area is 272 Å². The van der Waals surface area contributed by atoms with E-state index < -0.39 is 49.0 Å². The summed E-state index contributed by atoms with van der Waals surface area (Å²) in [6, 6.07) is 3.33. The number of urea groups is 1. The van der Waals surface area contributed by atoms with Gasteiger partial charge in [0.1, 0.15) is 17.1 Å². The molecular weight excluding hydrogens is 623 g/mol. The molecule has 262 valence electrons. The molecule has 1 aliphatic rings. The van der Waals surface area contributed by atoms with Gasteiger partial charge in [0.05, 0.1) is 36.8 Å². The van der Waals surface area contributed by atoms with Gasteiger partial charge in [-0.25, -0.2) is 4.79 Å². The van der Waals surface area contributed by atoms with Gasteiger partial charge in [0.15, 0.2) is 5.76 Å². The number of nitrogens with zero attached hydrogens (tertiary/aromatic N) is 3. The number of fused-ring (bicyclic) bond motifs is 1. The minimum atomic E-state index is -4.48. The number of carbonyl (C=O) groups excluding carboxylic acids is 3. The molecule has 15 heteroatoms. The third-order valence-electron chi connectivity index (χ3n) is 8.04. The number of hydrogen-bond acceptors (Lipinski definition) is 8. The molecule has 3 rings (SSSR count). The van der Waals surface area contributed by atoms with Crippen LogP contribution in [0.15, 0.2) is 22.7 Å². The third-order valence-corrected chi connectivity index (χ3v) is 8.04. The first-order valence-corrected chi connectivity index (χ1v) is 15.7. The molecule has 0 radical (unpaired) electrons. The van der Waals surface area contributed by atoms with E-state index in [0.29, 0.717) is 30.2 Å². The normalized spacial score (nSPS) is 20.4. The fourth-order valence-electron chi connectivity index (χ4n) is 5.16. The molecule has 1 aliphatic heterocycles. The number of aromatic nitrogens is 1. The van der Waals surface area contributed by atoms with Gasteiger partial charge in [-0.05, 0) is 65.2 Å². The van der Waals surface area contributed by atoms with Crippen molar-refractivity contribution in [3.8, 4) is 5.75 Å². The number of hydrogen-bond donors (Lipinski definition) is 3. The van der Waals surface area contributed by atoms with Crippen molar-refractivity contribution in [2.45, 2.75) is 91.1 Å². The number of alkyl halides is 3. The molecule has 3 N–H and O–H groups in total. The highest BCUT2D eigenvalue weighted by molar-refractivity contribution is 5.99. The standard InChI is InChI=1S/C32H46F3N5O7/c1-19-16-40(20(2)18-41)30(43)25-15-24(36-28(42)12-13-32(33,34)35)10-11-26(25)46-21(3)9-7-8-14-45-27(19)17-39(6)31(44)37-29-22(4)38-47-23(29)5/h10-11,15,19-21,27,41H,7-9,12-14,16-18H2,1-6H3,(H,36,42)(H,37,44)/t19-,20+,21-,27+/m0/s1. The Hall–Kier alpha value is -3.85. The lowest BCUT2D eigenvalue weighted by Gasteiger charge is -2.35. The van der Waals surface area contributed by atoms with Crippen LogP contribution in [-0.2, 0) is 9.53 Å². The summed E-state index contributed by atoms with van der Waals surface area (Å²) in [5.41, 5.74) is 1.25. The van der Waals surface area contributed by atoms with Crippen LogP contribution in [0.25, 0.3) is 0 Å². The number of ether oxygens (including phenoxy) is 2. The summed E-state index contributed by atoms with van der Waals surface area (Å²) < 4.78 is 55.6. The Morgan fingerprint density at radius 2 is 1.91 bits per heavy atom. The van der Waals surface area contributed by atoms with E-state index in [4.69, 9.17) is 14.0 Å². The number of aliphatic hydroxyl groups excluding tert-OH is 1. The smallest absolute Gasteiger partial charge is 0.389 e. The second-order valence-corrected chi connectivity index (χ2v) is 12.2. The van der Waals surface area contributed by atoms with E-state index >= 15 is 0 Å². The monoisotopic (exact) mass is 669 g/mol. The highest BCUT2D eigenvalue weighted by atomic mass is 19.4. The first kappa shape index (κ1) is 37.6. The van der Waals surface area contributed by atoms with Crippen molar-refractivity contribution in [3.05, 3.63) is 35.2 Å². The Morgan fingerprint density at radius 3 is 2.55 bits per heavy atom. The second-order valence-electron chi connectivity index (χ2n) is 12.2. The van der Waals surface area contributed by atoms with Gasteiger partial charge < -0.3 is 39.5 Å². The SMILES string of the molecule is Cc1noc(C)c1NC(=O)N(C)C[C@H]1OCCCC[C@H](C)Oc2ccc(NC(=O)CCC(F)(F)F)cc2C(=O)N([C@H](C)CO)C[C@@H]1C. The molecule has 0 bridgehead atoms. The Bertz CT molecular complexity index is 1350. The van der Waals surface area contributed by atoms with Gasteiger partial charge in [0, 0.05) is 44.8 Å². The average molecular weight is 670 g/mol. The number of aryl methyl sites for hydroxylation is 2. The van der Waals surface area contributed by atoms with E-state index in [1.165, 1.54) is 28.0 Å². The molecule has 1 aromatic carbocycles. The Morgan fingerprint density at radius 1 is 1.19 bits per heavy atom. The predicted molar refractivity (Wildman–Crippen MR) is 168 cm³/mol. The van der Waals surface area contributed by atoms with Crippen LogP contribution in [0, 0.1) is 19.8 Å². The maximum atomic E-state index is 14.2. The van der Waals surface area contributed by atoms with Crippen LogP contribution in [-0.4, -0.2) is 95.7 Å². The van der Waals surface area contributed by atoms with E-state index in [-0.39, 0.29) is 48.7 Å². The number of benzene rings is 1. The van der Waals surface area contributed by atoms with Crippen molar-refractivity contribution >= 4 is 29.2 Å². The van der Waals surface area contributed by atoms with Crippen molar-refractivity contribution in [2.24, 2.45) is 5.92 Å². The summed E-state index contributed by atoms with van der Waals surface area (Å²) >= 11 is 0. The van der Waals surface area contributed by atoms with Gasteiger partial charge in [-0.15, -0.1) is 0 Å². The fourth-order valence-corrected chi connectivity index (χ4v) is 5.16. The molecule has 4 amide bonds. The molecule has 2 aromatic rings.